The number of carbonyl (C=O) groups is 2. The van der Waals surface area contributed by atoms with E-state index >= 15 is 0 Å². The van der Waals surface area contributed by atoms with E-state index in [-0.39, 0.29) is 12.5 Å². The molecule has 1 amide bonds. The first-order chi connectivity index (χ1) is 9.50. The van der Waals surface area contributed by atoms with Crippen molar-refractivity contribution in [3.05, 3.63) is 29.0 Å². The minimum Gasteiger partial charge on any atom is -0.481 e. The highest BCUT2D eigenvalue weighted by atomic mass is 35.5. The van der Waals surface area contributed by atoms with Crippen LogP contribution in [0.25, 0.3) is 0 Å². The molecule has 108 valence electrons. The Morgan fingerprint density at radius 1 is 1.55 bits per heavy atom. The largest absolute Gasteiger partial charge is 0.481 e. The van der Waals surface area contributed by atoms with Crippen molar-refractivity contribution in [1.29, 1.82) is 0 Å². The number of hydrogen-bond acceptors (Lipinski definition) is 3. The van der Waals surface area contributed by atoms with Crippen molar-refractivity contribution in [2.75, 3.05) is 13.1 Å². The molecular weight excluding hydrogens is 280 g/mol. The first kappa shape index (κ1) is 14.8. The zero-order chi connectivity index (χ0) is 14.8. The van der Waals surface area contributed by atoms with Gasteiger partial charge < -0.3 is 10.0 Å². The molecule has 1 aliphatic rings. The topological polar surface area (TPSA) is 70.5 Å². The predicted molar refractivity (Wildman–Crippen MR) is 74.7 cm³/mol. The van der Waals surface area contributed by atoms with E-state index in [9.17, 15) is 14.7 Å². The number of carboxylic acid groups (broad SMARTS) is 1. The monoisotopic (exact) mass is 296 g/mol. The summed E-state index contributed by atoms with van der Waals surface area (Å²) in [7, 11) is 0. The molecule has 20 heavy (non-hydrogen) atoms. The summed E-state index contributed by atoms with van der Waals surface area (Å²) >= 11 is 5.99. The van der Waals surface area contributed by atoms with Gasteiger partial charge in [0.05, 0.1) is 16.0 Å². The third-order valence-electron chi connectivity index (χ3n) is 3.82. The Morgan fingerprint density at radius 3 is 2.90 bits per heavy atom. The van der Waals surface area contributed by atoms with Gasteiger partial charge in [0, 0.05) is 25.5 Å². The normalized spacial score (nSPS) is 22.0. The van der Waals surface area contributed by atoms with Gasteiger partial charge in [-0.1, -0.05) is 24.9 Å². The van der Waals surface area contributed by atoms with Crippen LogP contribution in [0.4, 0.5) is 0 Å². The maximum atomic E-state index is 12.4. The molecule has 1 aromatic rings. The molecule has 2 heterocycles. The zero-order valence-corrected chi connectivity index (χ0v) is 12.1. The lowest BCUT2D eigenvalue weighted by atomic mass is 9.83. The molecule has 0 saturated carbocycles. The van der Waals surface area contributed by atoms with Crippen molar-refractivity contribution < 1.29 is 14.7 Å². The maximum absolute atomic E-state index is 12.4. The van der Waals surface area contributed by atoms with Crippen molar-refractivity contribution in [2.24, 2.45) is 5.41 Å². The first-order valence-electron chi connectivity index (χ1n) is 6.62. The summed E-state index contributed by atoms with van der Waals surface area (Å²) in [4.78, 5) is 29.4. The number of aromatic nitrogens is 1. The number of likely N-dealkylation sites (tertiary alicyclic amines) is 1. The number of aliphatic carboxylic acids is 1. The Kier molecular flexibility index (Phi) is 4.28. The van der Waals surface area contributed by atoms with Gasteiger partial charge in [0.15, 0.2) is 0 Å². The van der Waals surface area contributed by atoms with Crippen molar-refractivity contribution in [1.82, 2.24) is 9.88 Å². The second-order valence-electron chi connectivity index (χ2n) is 5.17. The van der Waals surface area contributed by atoms with Crippen LogP contribution >= 0.6 is 11.6 Å². The molecule has 1 fully saturated rings. The van der Waals surface area contributed by atoms with Gasteiger partial charge in [-0.25, -0.2) is 0 Å². The Morgan fingerprint density at radius 2 is 2.30 bits per heavy atom. The van der Waals surface area contributed by atoms with E-state index < -0.39 is 11.4 Å². The summed E-state index contributed by atoms with van der Waals surface area (Å²) in [6.45, 7) is 2.63. The molecule has 0 aromatic carbocycles. The summed E-state index contributed by atoms with van der Waals surface area (Å²) in [6.07, 6.45) is 4.78. The molecule has 1 unspecified atom stereocenters. The van der Waals surface area contributed by atoms with Gasteiger partial charge >= 0.3 is 5.97 Å². The van der Waals surface area contributed by atoms with Gasteiger partial charge in [0.1, 0.15) is 0 Å². The van der Waals surface area contributed by atoms with Crippen LogP contribution in [0.5, 0.6) is 0 Å². The molecule has 6 heteroatoms. The van der Waals surface area contributed by atoms with Crippen molar-refractivity contribution in [3.8, 4) is 0 Å². The molecule has 0 spiro atoms. The molecule has 2 rings (SSSR count). The third-order valence-corrected chi connectivity index (χ3v) is 4.15. The smallest absolute Gasteiger partial charge is 0.311 e. The maximum Gasteiger partial charge on any atom is 0.311 e. The van der Waals surface area contributed by atoms with E-state index in [4.69, 9.17) is 11.6 Å². The minimum atomic E-state index is -0.827. The highest BCUT2D eigenvalue weighted by Crippen LogP contribution is 2.36. The fourth-order valence-corrected chi connectivity index (χ4v) is 2.90. The van der Waals surface area contributed by atoms with Gasteiger partial charge in [-0.15, -0.1) is 0 Å². The average molecular weight is 297 g/mol. The minimum absolute atomic E-state index is 0.236. The fraction of sp³-hybridized carbons (Fsp3) is 0.500. The van der Waals surface area contributed by atoms with E-state index in [0.717, 1.165) is 6.42 Å². The second-order valence-corrected chi connectivity index (χ2v) is 5.57. The van der Waals surface area contributed by atoms with Gasteiger partial charge in [-0.3, -0.25) is 14.6 Å². The summed E-state index contributed by atoms with van der Waals surface area (Å²) < 4.78 is 0. The van der Waals surface area contributed by atoms with Gasteiger partial charge in [0.2, 0.25) is 0 Å². The van der Waals surface area contributed by atoms with Gasteiger partial charge in [-0.2, -0.15) is 0 Å². The van der Waals surface area contributed by atoms with Crippen molar-refractivity contribution >= 4 is 23.5 Å². The molecule has 1 saturated heterocycles. The fourth-order valence-electron chi connectivity index (χ4n) is 2.72. The quantitative estimate of drug-likeness (QED) is 0.926. The third kappa shape index (κ3) is 2.63. The van der Waals surface area contributed by atoms with Crippen LogP contribution in [-0.2, 0) is 4.79 Å². The number of amides is 1. The molecule has 0 aliphatic carbocycles. The summed E-state index contributed by atoms with van der Waals surface area (Å²) in [6, 6.07) is 1.56. The molecule has 1 N–H and O–H groups in total. The Labute approximate surface area is 122 Å². The van der Waals surface area contributed by atoms with Crippen LogP contribution in [0.15, 0.2) is 18.5 Å². The van der Waals surface area contributed by atoms with Crippen LogP contribution in [0, 0.1) is 5.41 Å². The molecule has 1 atom stereocenters. The molecule has 5 nitrogen and oxygen atoms in total. The van der Waals surface area contributed by atoms with E-state index in [1.807, 2.05) is 6.92 Å². The van der Waals surface area contributed by atoms with Gasteiger partial charge in [-0.05, 0) is 18.9 Å². The number of hydrogen-bond donors (Lipinski definition) is 1. The predicted octanol–water partition coefficient (Wildman–Crippen LogP) is 2.45. The van der Waals surface area contributed by atoms with Crippen molar-refractivity contribution in [2.45, 2.75) is 26.2 Å². The standard InChI is InChI=1S/C14H17ClN2O3/c1-2-4-14(13(19)20)5-7-17(9-14)12(18)10-8-16-6-3-11(10)15/h3,6,8H,2,4-5,7,9H2,1H3,(H,19,20). The number of carbonyl (C=O) groups excluding carboxylic acids is 1. The Bertz CT molecular complexity index is 535. The Hall–Kier alpha value is -1.62. The summed E-state index contributed by atoms with van der Waals surface area (Å²) in [5.41, 5.74) is -0.495. The molecule has 0 radical (unpaired) electrons. The highest BCUT2D eigenvalue weighted by Gasteiger charge is 2.45. The molecular formula is C14H17ClN2O3. The summed E-state index contributed by atoms with van der Waals surface area (Å²) in [5, 5.41) is 9.78. The van der Waals surface area contributed by atoms with Crippen LogP contribution in [0.3, 0.4) is 0 Å². The van der Waals surface area contributed by atoms with E-state index in [2.05, 4.69) is 4.98 Å². The molecule has 0 bridgehead atoms. The second kappa shape index (κ2) is 5.79. The average Bonchev–Trinajstić information content (AvgIpc) is 2.85. The van der Waals surface area contributed by atoms with Crippen LogP contribution < -0.4 is 0 Å². The SMILES string of the molecule is CCCC1(C(=O)O)CCN(C(=O)c2cnccc2Cl)C1. The number of pyridine rings is 1. The number of nitrogens with zero attached hydrogens (tertiary/aromatic N) is 2. The van der Waals surface area contributed by atoms with Crippen LogP contribution in [-0.4, -0.2) is 40.0 Å². The number of rotatable bonds is 4. The summed E-state index contributed by atoms with van der Waals surface area (Å²) in [5.74, 6) is -1.07. The number of carboxylic acids is 1. The lowest BCUT2D eigenvalue weighted by molar-refractivity contribution is -0.148. The van der Waals surface area contributed by atoms with E-state index in [1.165, 1.54) is 12.4 Å². The highest BCUT2D eigenvalue weighted by molar-refractivity contribution is 6.33. The number of halogens is 1. The lowest BCUT2D eigenvalue weighted by Crippen LogP contribution is -2.37. The van der Waals surface area contributed by atoms with Crippen LogP contribution in [0.2, 0.25) is 5.02 Å². The molecule has 1 aromatic heterocycles. The van der Waals surface area contributed by atoms with Crippen LogP contribution in [0.1, 0.15) is 36.5 Å². The first-order valence-corrected chi connectivity index (χ1v) is 7.00. The van der Waals surface area contributed by atoms with Crippen molar-refractivity contribution in [3.63, 3.8) is 0 Å². The van der Waals surface area contributed by atoms with E-state index in [1.54, 1.807) is 11.0 Å². The van der Waals surface area contributed by atoms with E-state index in [0.29, 0.717) is 30.0 Å². The molecule has 1 aliphatic heterocycles. The zero-order valence-electron chi connectivity index (χ0n) is 11.3. The lowest BCUT2D eigenvalue weighted by Gasteiger charge is -2.24. The Balaban J connectivity index is 2.19. The van der Waals surface area contributed by atoms with Gasteiger partial charge in [0.25, 0.3) is 5.91 Å².